The fraction of sp³-hybridized carbons (Fsp3) is 0.370. The van der Waals surface area contributed by atoms with Crippen LogP contribution in [0.2, 0.25) is 0 Å². The molecule has 0 spiro atoms. The third-order valence-electron chi connectivity index (χ3n) is 15.5. The summed E-state index contributed by atoms with van der Waals surface area (Å²) in [7, 11) is 8.07. The van der Waals surface area contributed by atoms with Crippen LogP contribution in [0, 0.1) is 13.8 Å². The number of para-hydroxylation sites is 6. The Morgan fingerprint density at radius 2 is 0.648 bits per heavy atom. The monoisotopic (exact) mass is 1250 g/mol. The molecule has 0 aromatic heterocycles. The summed E-state index contributed by atoms with van der Waals surface area (Å²) in [6.45, 7) is 43.8. The zero-order valence-electron chi connectivity index (χ0n) is 56.7. The van der Waals surface area contributed by atoms with E-state index >= 15 is 0 Å². The summed E-state index contributed by atoms with van der Waals surface area (Å²) < 4.78 is 0. The van der Waals surface area contributed by atoms with Crippen LogP contribution in [0.5, 0.6) is 0 Å². The smallest absolute Gasteiger partial charge is 0.138 e. The minimum atomic E-state index is -0.291. The van der Waals surface area contributed by atoms with Crippen LogP contribution in [0.25, 0.3) is 10.6 Å². The minimum absolute atomic E-state index is 0. The molecule has 88 heavy (non-hydrogen) atoms. The van der Waals surface area contributed by atoms with E-state index in [2.05, 4.69) is 285 Å². The molecule has 8 aromatic carbocycles. The van der Waals surface area contributed by atoms with E-state index in [1.807, 2.05) is 64.6 Å². The molecular formula is C81H108N6Y-4. The number of hydrogen-bond acceptors (Lipinski definition) is 3. The van der Waals surface area contributed by atoms with Gasteiger partial charge in [0.15, 0.2) is 0 Å². The van der Waals surface area contributed by atoms with Crippen molar-refractivity contribution in [2.24, 2.45) is 4.99 Å². The number of rotatable bonds is 18. The number of aliphatic imine (C=N–C) groups is 1. The van der Waals surface area contributed by atoms with Gasteiger partial charge in [-0.15, -0.1) is 23.5 Å². The van der Waals surface area contributed by atoms with Gasteiger partial charge in [-0.3, -0.25) is 0 Å². The van der Waals surface area contributed by atoms with Crippen molar-refractivity contribution >= 4 is 40.0 Å². The van der Waals surface area contributed by atoms with Crippen molar-refractivity contribution in [3.8, 4) is 0 Å². The van der Waals surface area contributed by atoms with Gasteiger partial charge in [-0.1, -0.05) is 315 Å². The van der Waals surface area contributed by atoms with Crippen LogP contribution in [0.4, 0.5) is 34.1 Å². The molecule has 469 valence electrons. The first-order valence-corrected chi connectivity index (χ1v) is 31.4. The first-order chi connectivity index (χ1) is 40.8. The topological polar surface area (TPSA) is 59.1 Å². The molecule has 0 bridgehead atoms. The third-order valence-corrected chi connectivity index (χ3v) is 15.5. The molecular weight excluding hydrogens is 1150 g/mol. The second kappa shape index (κ2) is 36.7. The van der Waals surface area contributed by atoms with Crippen LogP contribution in [0.15, 0.2) is 187 Å². The van der Waals surface area contributed by atoms with Crippen molar-refractivity contribution in [2.45, 2.75) is 172 Å². The predicted octanol–water partition coefficient (Wildman–Crippen LogP) is 24.5. The molecule has 0 fully saturated rings. The molecule has 0 amide bonds. The molecule has 0 saturated heterocycles. The van der Waals surface area contributed by atoms with Gasteiger partial charge in [0.25, 0.3) is 0 Å². The van der Waals surface area contributed by atoms with E-state index in [-0.39, 0.29) is 46.3 Å². The van der Waals surface area contributed by atoms with Crippen LogP contribution in [-0.2, 0) is 32.7 Å². The molecule has 8 rings (SSSR count). The van der Waals surface area contributed by atoms with Gasteiger partial charge in [-0.05, 0) is 97.8 Å². The summed E-state index contributed by atoms with van der Waals surface area (Å²) in [6.07, 6.45) is -0.291. The molecule has 0 aliphatic rings. The van der Waals surface area contributed by atoms with E-state index < -0.39 is 0 Å². The molecule has 6 nitrogen and oxygen atoms in total. The van der Waals surface area contributed by atoms with Crippen molar-refractivity contribution < 1.29 is 32.7 Å². The van der Waals surface area contributed by atoms with Gasteiger partial charge < -0.3 is 25.8 Å². The zero-order valence-corrected chi connectivity index (χ0v) is 59.6. The summed E-state index contributed by atoms with van der Waals surface area (Å²) in [5.41, 5.74) is 21.6. The standard InChI is InChI=1S/2C31H40N2.2C9H12N.CH4.Y/c2*1-20(2)25-16-12-17-26(21(3)4)29(25)32-31(24-14-10-9-11-15-24)33-30-27(22(5)6)18-13-19-28(30)23(7)8;2*1-8-6-4-5-7-9(8)10(2)3;;/h9-23H,1-8H3,(H,32,33);9-23,31H,1-8H3;2*4-7H,1H2,2-3H3;1H4;/q;-2;2*-1;;. The number of anilines is 3. The molecule has 8 aromatic rings. The quantitative estimate of drug-likeness (QED) is 0.0529. The van der Waals surface area contributed by atoms with Gasteiger partial charge >= 0.3 is 0 Å². The van der Waals surface area contributed by atoms with Crippen LogP contribution < -0.4 is 15.1 Å². The largest absolute Gasteiger partial charge is 0.693 e. The van der Waals surface area contributed by atoms with E-state index in [4.69, 9.17) is 15.6 Å². The van der Waals surface area contributed by atoms with Crippen molar-refractivity contribution in [3.63, 3.8) is 0 Å². The van der Waals surface area contributed by atoms with E-state index in [9.17, 15) is 0 Å². The minimum Gasteiger partial charge on any atom is -0.693 e. The number of nitrogens with zero attached hydrogens (tertiary/aromatic N) is 5. The SMILES string of the molecule is C.CC(C)c1cccc(C(C)C)c1N=C(Nc1c(C(C)C)cccc1C(C)C)c1ccccc1.CC(C)c1cccc(C(C)C)c1[N-]C([N-]c1c(C(C)C)cccc1C(C)C)c1ccccc1.[CH2-]c1ccccc1N(C)C.[CH2-]c1ccccc1N(C)C.[Y]. The van der Waals surface area contributed by atoms with Crippen LogP contribution in [0.1, 0.15) is 238 Å². The van der Waals surface area contributed by atoms with Gasteiger partial charge in [0.05, 0.1) is 5.69 Å². The van der Waals surface area contributed by atoms with Gasteiger partial charge in [-0.25, -0.2) is 4.99 Å². The fourth-order valence-electron chi connectivity index (χ4n) is 10.6. The van der Waals surface area contributed by atoms with E-state index in [0.717, 1.165) is 45.2 Å². The van der Waals surface area contributed by atoms with Gasteiger partial charge in [0.2, 0.25) is 0 Å². The van der Waals surface area contributed by atoms with Gasteiger partial charge in [0.1, 0.15) is 5.84 Å². The molecule has 0 heterocycles. The van der Waals surface area contributed by atoms with Crippen molar-refractivity contribution in [2.75, 3.05) is 43.3 Å². The van der Waals surface area contributed by atoms with Crippen molar-refractivity contribution in [1.29, 1.82) is 0 Å². The Morgan fingerprint density at radius 1 is 0.364 bits per heavy atom. The number of nitrogens with one attached hydrogen (secondary N) is 1. The molecule has 0 saturated carbocycles. The third kappa shape index (κ3) is 21.2. The second-order valence-corrected chi connectivity index (χ2v) is 25.4. The molecule has 0 aliphatic heterocycles. The molecule has 1 N–H and O–H groups in total. The number of hydrogen-bond donors (Lipinski definition) is 1. The van der Waals surface area contributed by atoms with E-state index in [1.165, 1.54) is 61.6 Å². The zero-order chi connectivity index (χ0) is 63.4. The maximum Gasteiger partial charge on any atom is 0.138 e. The normalized spacial score (nSPS) is 11.2. The van der Waals surface area contributed by atoms with Gasteiger partial charge in [0, 0.05) is 44.0 Å². The summed E-state index contributed by atoms with van der Waals surface area (Å²) in [5, 5.41) is 14.6. The second-order valence-electron chi connectivity index (χ2n) is 25.4. The first kappa shape index (κ1) is 75.5. The van der Waals surface area contributed by atoms with Gasteiger partial charge in [-0.2, -0.15) is 43.3 Å². The molecule has 1 radical (unpaired) electrons. The summed E-state index contributed by atoms with van der Waals surface area (Å²) in [5.74, 6) is 4.11. The number of benzene rings is 8. The summed E-state index contributed by atoms with van der Waals surface area (Å²) in [4.78, 5) is 9.49. The Balaban J connectivity index is 0.000000344. The summed E-state index contributed by atoms with van der Waals surface area (Å²) in [6, 6.07) is 63.7. The molecule has 7 heteroatoms. The number of amidine groups is 1. The Bertz CT molecular complexity index is 3130. The maximum absolute atomic E-state index is 5.40. The average molecular weight is 1250 g/mol. The Labute approximate surface area is 561 Å². The average Bonchev–Trinajstić information content (AvgIpc) is 1.69. The van der Waals surface area contributed by atoms with E-state index in [1.54, 1.807) is 0 Å². The van der Waals surface area contributed by atoms with Crippen LogP contribution in [-0.4, -0.2) is 34.0 Å². The Kier molecular flexibility index (Phi) is 31.5. The van der Waals surface area contributed by atoms with Crippen LogP contribution >= 0.6 is 0 Å². The Morgan fingerprint density at radius 3 is 0.943 bits per heavy atom. The molecule has 0 unspecified atom stereocenters. The molecule has 0 atom stereocenters. The predicted molar refractivity (Wildman–Crippen MR) is 387 cm³/mol. The fourth-order valence-corrected chi connectivity index (χ4v) is 10.6. The first-order valence-electron chi connectivity index (χ1n) is 31.4. The summed E-state index contributed by atoms with van der Waals surface area (Å²) >= 11 is 0. The van der Waals surface area contributed by atoms with Crippen molar-refractivity contribution in [1.82, 2.24) is 0 Å². The van der Waals surface area contributed by atoms with E-state index in [0.29, 0.717) is 47.3 Å². The van der Waals surface area contributed by atoms with Crippen molar-refractivity contribution in [3.05, 3.63) is 273 Å². The maximum atomic E-state index is 5.40. The Hall–Kier alpha value is -6.73. The molecule has 0 aliphatic carbocycles. The van der Waals surface area contributed by atoms with Crippen LogP contribution in [0.3, 0.4) is 0 Å².